The summed E-state index contributed by atoms with van der Waals surface area (Å²) in [5, 5.41) is 18.4. The molecule has 0 heterocycles. The van der Waals surface area contributed by atoms with Gasteiger partial charge in [-0.2, -0.15) is 9.65 Å². The number of ether oxygens (including phenoxy) is 1. The van der Waals surface area contributed by atoms with Crippen molar-refractivity contribution in [2.24, 2.45) is 0 Å². The molecule has 15 heavy (non-hydrogen) atoms. The van der Waals surface area contributed by atoms with Crippen LogP contribution in [0.3, 0.4) is 0 Å². The number of aromatic hydroxyl groups is 1. The van der Waals surface area contributed by atoms with Crippen molar-refractivity contribution < 1.29 is 14.2 Å². The van der Waals surface area contributed by atoms with Crippen LogP contribution >= 0.6 is 0 Å². The second-order valence-electron chi connectivity index (χ2n) is 3.71. The van der Waals surface area contributed by atoms with Gasteiger partial charge >= 0.3 is 0 Å². The summed E-state index contributed by atoms with van der Waals surface area (Å²) in [6.07, 6.45) is 0. The first-order valence-electron chi connectivity index (χ1n) is 4.41. The van der Waals surface area contributed by atoms with Gasteiger partial charge in [0.25, 0.3) is 0 Å². The van der Waals surface area contributed by atoms with E-state index in [2.05, 4.69) is 0 Å². The summed E-state index contributed by atoms with van der Waals surface area (Å²) >= 11 is 0. The van der Waals surface area contributed by atoms with E-state index in [9.17, 15) is 9.50 Å². The van der Waals surface area contributed by atoms with Crippen molar-refractivity contribution in [3.8, 4) is 17.6 Å². The molecule has 3 nitrogen and oxygen atoms in total. The Morgan fingerprint density at radius 1 is 1.47 bits per heavy atom. The minimum Gasteiger partial charge on any atom is -0.504 e. The van der Waals surface area contributed by atoms with Crippen molar-refractivity contribution in [1.82, 2.24) is 0 Å². The van der Waals surface area contributed by atoms with Crippen molar-refractivity contribution in [2.45, 2.75) is 19.3 Å². The molecular formula is C11H12FNO2. The molecule has 1 aromatic carbocycles. The van der Waals surface area contributed by atoms with Crippen LogP contribution in [0.1, 0.15) is 19.4 Å². The van der Waals surface area contributed by atoms with E-state index in [0.29, 0.717) is 0 Å². The van der Waals surface area contributed by atoms with Gasteiger partial charge in [0.1, 0.15) is 0 Å². The number of phenols is 1. The van der Waals surface area contributed by atoms with Gasteiger partial charge in [0.2, 0.25) is 5.82 Å². The first-order chi connectivity index (χ1) is 6.94. The van der Waals surface area contributed by atoms with Gasteiger partial charge in [-0.3, -0.25) is 0 Å². The molecule has 0 radical (unpaired) electrons. The molecule has 80 valence electrons. The molecule has 0 aliphatic carbocycles. The molecule has 0 aliphatic rings. The van der Waals surface area contributed by atoms with Gasteiger partial charge in [-0.05, 0) is 26.0 Å². The highest BCUT2D eigenvalue weighted by Gasteiger charge is 2.26. The Hall–Kier alpha value is -1.76. The molecule has 1 N–H and O–H groups in total. The molecule has 0 saturated carbocycles. The molecule has 4 heteroatoms. The van der Waals surface area contributed by atoms with Gasteiger partial charge in [-0.1, -0.05) is 0 Å². The zero-order chi connectivity index (χ0) is 11.6. The smallest absolute Gasteiger partial charge is 0.206 e. The minimum atomic E-state index is -0.933. The van der Waals surface area contributed by atoms with Crippen LogP contribution in [0.2, 0.25) is 0 Å². The highest BCUT2D eigenvalue weighted by Crippen LogP contribution is 2.36. The predicted octanol–water partition coefficient (Wildman–Crippen LogP) is 2.34. The van der Waals surface area contributed by atoms with Crippen molar-refractivity contribution in [2.75, 3.05) is 7.11 Å². The van der Waals surface area contributed by atoms with Crippen LogP contribution in [0.15, 0.2) is 12.1 Å². The van der Waals surface area contributed by atoms with Crippen LogP contribution < -0.4 is 4.74 Å². The van der Waals surface area contributed by atoms with Gasteiger partial charge in [0.05, 0.1) is 18.6 Å². The number of nitriles is 1. The third-order valence-electron chi connectivity index (χ3n) is 2.25. The number of hydrogen-bond acceptors (Lipinski definition) is 3. The second-order valence-corrected chi connectivity index (χ2v) is 3.71. The van der Waals surface area contributed by atoms with Gasteiger partial charge in [-0.25, -0.2) is 0 Å². The molecule has 0 saturated heterocycles. The third-order valence-corrected chi connectivity index (χ3v) is 2.25. The van der Waals surface area contributed by atoms with Crippen molar-refractivity contribution in [1.29, 1.82) is 5.26 Å². The summed E-state index contributed by atoms with van der Waals surface area (Å²) in [5.41, 5.74) is -0.680. The van der Waals surface area contributed by atoms with Crippen molar-refractivity contribution in [3.63, 3.8) is 0 Å². The lowest BCUT2D eigenvalue weighted by Gasteiger charge is -2.18. The minimum absolute atomic E-state index is 0.0370. The fraction of sp³-hybridized carbons (Fsp3) is 0.364. The number of benzene rings is 1. The normalized spacial score (nSPS) is 10.9. The van der Waals surface area contributed by atoms with E-state index in [-0.39, 0.29) is 11.3 Å². The average molecular weight is 209 g/mol. The highest BCUT2D eigenvalue weighted by atomic mass is 19.1. The lowest BCUT2D eigenvalue weighted by atomic mass is 9.85. The maximum Gasteiger partial charge on any atom is 0.206 e. The van der Waals surface area contributed by atoms with Crippen LogP contribution in [0.5, 0.6) is 11.5 Å². The Bertz CT molecular complexity index is 421. The number of nitrogens with zero attached hydrogens (tertiary/aromatic N) is 1. The lowest BCUT2D eigenvalue weighted by Crippen LogP contribution is -2.14. The Morgan fingerprint density at radius 2 is 2.07 bits per heavy atom. The summed E-state index contributed by atoms with van der Waals surface area (Å²) in [6.45, 7) is 3.21. The SMILES string of the molecule is COc1ccc(C(C)(C)C#N)c(O)c1F. The monoisotopic (exact) mass is 209 g/mol. The zero-order valence-electron chi connectivity index (χ0n) is 8.84. The first kappa shape index (κ1) is 11.3. The number of halogens is 1. The van der Waals surface area contributed by atoms with Crippen LogP contribution in [0, 0.1) is 17.1 Å². The number of hydrogen-bond donors (Lipinski definition) is 1. The molecule has 1 rings (SSSR count). The topological polar surface area (TPSA) is 53.2 Å². The average Bonchev–Trinajstić information content (AvgIpc) is 2.21. The van der Waals surface area contributed by atoms with Gasteiger partial charge in [-0.15, -0.1) is 0 Å². The van der Waals surface area contributed by atoms with Gasteiger partial charge < -0.3 is 9.84 Å². The molecule has 0 aliphatic heterocycles. The lowest BCUT2D eigenvalue weighted by molar-refractivity contribution is 0.359. The van der Waals surface area contributed by atoms with E-state index in [1.165, 1.54) is 19.2 Å². The van der Waals surface area contributed by atoms with Crippen molar-refractivity contribution in [3.05, 3.63) is 23.5 Å². The molecule has 0 aromatic heterocycles. The van der Waals surface area contributed by atoms with Gasteiger partial charge in [0, 0.05) is 5.56 Å². The number of methoxy groups -OCH3 is 1. The second kappa shape index (κ2) is 3.77. The highest BCUT2D eigenvalue weighted by molar-refractivity contribution is 5.47. The van der Waals surface area contributed by atoms with E-state index >= 15 is 0 Å². The zero-order valence-corrected chi connectivity index (χ0v) is 8.84. The first-order valence-corrected chi connectivity index (χ1v) is 4.41. The fourth-order valence-corrected chi connectivity index (χ4v) is 1.27. The van der Waals surface area contributed by atoms with E-state index in [1.54, 1.807) is 13.8 Å². The maximum atomic E-state index is 13.4. The standard InChI is InChI=1S/C11H12FNO2/c1-11(2,6-13)7-4-5-8(15-3)9(12)10(7)14/h4-5,14H,1-3H3. The van der Waals surface area contributed by atoms with E-state index in [0.717, 1.165) is 0 Å². The number of rotatable bonds is 2. The summed E-state index contributed by atoms with van der Waals surface area (Å²) in [6, 6.07) is 4.87. The Balaban J connectivity index is 3.38. The third kappa shape index (κ3) is 1.86. The van der Waals surface area contributed by atoms with Crippen LogP contribution in [0.25, 0.3) is 0 Å². The Kier molecular flexibility index (Phi) is 2.85. The summed E-state index contributed by atoms with van der Waals surface area (Å²) in [4.78, 5) is 0. The largest absolute Gasteiger partial charge is 0.504 e. The van der Waals surface area contributed by atoms with Gasteiger partial charge in [0.15, 0.2) is 11.5 Å². The Morgan fingerprint density at radius 3 is 2.53 bits per heavy atom. The fourth-order valence-electron chi connectivity index (χ4n) is 1.27. The summed E-state index contributed by atoms with van der Waals surface area (Å²) < 4.78 is 18.2. The molecule has 0 fully saturated rings. The molecule has 0 unspecified atom stereocenters. The number of phenolic OH excluding ortho intramolecular Hbond substituents is 1. The van der Waals surface area contributed by atoms with Crippen LogP contribution in [0.4, 0.5) is 4.39 Å². The Labute approximate surface area is 87.7 Å². The molecule has 0 bridgehead atoms. The predicted molar refractivity (Wildman–Crippen MR) is 53.3 cm³/mol. The molecule has 0 spiro atoms. The van der Waals surface area contributed by atoms with Crippen molar-refractivity contribution >= 4 is 0 Å². The molecule has 0 atom stereocenters. The molecule has 0 amide bonds. The molecular weight excluding hydrogens is 197 g/mol. The van der Waals surface area contributed by atoms with E-state index < -0.39 is 17.0 Å². The maximum absolute atomic E-state index is 13.4. The quantitative estimate of drug-likeness (QED) is 0.813. The summed E-state index contributed by atoms with van der Waals surface area (Å²) in [7, 11) is 1.31. The summed E-state index contributed by atoms with van der Waals surface area (Å²) in [5.74, 6) is -1.40. The van der Waals surface area contributed by atoms with E-state index in [1.807, 2.05) is 6.07 Å². The molecule has 1 aromatic rings. The van der Waals surface area contributed by atoms with Crippen LogP contribution in [-0.2, 0) is 5.41 Å². The van der Waals surface area contributed by atoms with E-state index in [4.69, 9.17) is 10.00 Å². The van der Waals surface area contributed by atoms with Crippen LogP contribution in [-0.4, -0.2) is 12.2 Å².